The minimum atomic E-state index is -0.616. The number of benzene rings is 1. The van der Waals surface area contributed by atoms with Gasteiger partial charge in [-0.3, -0.25) is 9.59 Å². The monoisotopic (exact) mass is 365 g/mol. The van der Waals surface area contributed by atoms with Gasteiger partial charge < -0.3 is 16.0 Å². The number of nitrogens with one attached hydrogen (secondary N) is 1. The van der Waals surface area contributed by atoms with Gasteiger partial charge in [-0.05, 0) is 42.9 Å². The zero-order chi connectivity index (χ0) is 18.8. The summed E-state index contributed by atoms with van der Waals surface area (Å²) in [6.45, 7) is 8.30. The normalized spacial score (nSPS) is 20.2. The third kappa shape index (κ3) is 4.73. The Labute approximate surface area is 154 Å². The van der Waals surface area contributed by atoms with Crippen LogP contribution in [0.1, 0.15) is 52.1 Å². The number of halogens is 1. The Morgan fingerprint density at radius 1 is 1.28 bits per heavy atom. The second kappa shape index (κ2) is 7.75. The van der Waals surface area contributed by atoms with Crippen LogP contribution < -0.4 is 11.1 Å². The van der Waals surface area contributed by atoms with Gasteiger partial charge in [0.2, 0.25) is 11.8 Å². The number of hydrogen-bond donors (Lipinski definition) is 2. The Morgan fingerprint density at radius 2 is 1.88 bits per heavy atom. The van der Waals surface area contributed by atoms with E-state index in [0.29, 0.717) is 18.0 Å². The van der Waals surface area contributed by atoms with Crippen LogP contribution in [-0.4, -0.2) is 35.3 Å². The number of rotatable bonds is 4. The fourth-order valence-corrected chi connectivity index (χ4v) is 3.12. The second-order valence-corrected chi connectivity index (χ2v) is 8.25. The molecule has 0 aliphatic carbocycles. The molecule has 0 saturated carbocycles. The topological polar surface area (TPSA) is 75.4 Å². The minimum Gasteiger partial charge on any atom is -0.348 e. The first-order chi connectivity index (χ1) is 11.6. The molecule has 6 heteroatoms. The highest BCUT2D eigenvalue weighted by Gasteiger charge is 2.39. The van der Waals surface area contributed by atoms with Crippen LogP contribution in [0.3, 0.4) is 0 Å². The van der Waals surface area contributed by atoms with Crippen LogP contribution in [0, 0.1) is 5.41 Å². The lowest BCUT2D eigenvalue weighted by Crippen LogP contribution is -2.55. The van der Waals surface area contributed by atoms with Crippen molar-refractivity contribution in [2.75, 3.05) is 6.54 Å². The molecule has 0 spiro atoms. The largest absolute Gasteiger partial charge is 0.348 e. The highest BCUT2D eigenvalue weighted by Crippen LogP contribution is 2.25. The van der Waals surface area contributed by atoms with Gasteiger partial charge in [-0.2, -0.15) is 0 Å². The molecule has 0 radical (unpaired) electrons. The predicted molar refractivity (Wildman–Crippen MR) is 100 cm³/mol. The molecule has 5 nitrogen and oxygen atoms in total. The van der Waals surface area contributed by atoms with E-state index in [1.54, 1.807) is 17.0 Å². The maximum atomic E-state index is 12.7. The van der Waals surface area contributed by atoms with Crippen LogP contribution in [0.4, 0.5) is 0 Å². The quantitative estimate of drug-likeness (QED) is 0.861. The van der Waals surface area contributed by atoms with Crippen molar-refractivity contribution in [2.45, 2.75) is 58.7 Å². The molecule has 0 aromatic heterocycles. The summed E-state index contributed by atoms with van der Waals surface area (Å²) in [6, 6.07) is 6.16. The molecule has 3 atom stereocenters. The van der Waals surface area contributed by atoms with E-state index in [1.807, 2.05) is 39.8 Å². The maximum Gasteiger partial charge on any atom is 0.243 e. The van der Waals surface area contributed by atoms with Crippen LogP contribution in [0.2, 0.25) is 5.02 Å². The summed E-state index contributed by atoms with van der Waals surface area (Å²) in [5.74, 6) is -0.279. The van der Waals surface area contributed by atoms with Gasteiger partial charge in [-0.1, -0.05) is 44.5 Å². The van der Waals surface area contributed by atoms with Crippen molar-refractivity contribution >= 4 is 23.4 Å². The molecule has 25 heavy (non-hydrogen) atoms. The molecule has 0 bridgehead atoms. The molecule has 1 aromatic rings. The first-order valence-electron chi connectivity index (χ1n) is 8.73. The number of carbonyl (C=O) groups is 2. The first kappa shape index (κ1) is 19.7. The second-order valence-electron chi connectivity index (χ2n) is 7.82. The Hall–Kier alpha value is -1.59. The van der Waals surface area contributed by atoms with E-state index in [4.69, 9.17) is 17.3 Å². The standard InChI is InChI=1S/C19H28ClN3O2/c1-12(13-7-9-14(20)10-8-13)22-17(24)15-6-5-11-23(15)18(25)16(21)19(2,3)4/h7-10,12,15-16H,5-6,11,21H2,1-4H3,(H,22,24)/t12?,15-,16?/m0/s1. The van der Waals surface area contributed by atoms with Gasteiger partial charge in [0.05, 0.1) is 12.1 Å². The molecule has 1 aliphatic heterocycles. The van der Waals surface area contributed by atoms with Gasteiger partial charge in [-0.15, -0.1) is 0 Å². The third-order valence-corrected chi connectivity index (χ3v) is 5.02. The van der Waals surface area contributed by atoms with Crippen molar-refractivity contribution < 1.29 is 9.59 Å². The van der Waals surface area contributed by atoms with E-state index >= 15 is 0 Å². The van der Waals surface area contributed by atoms with E-state index in [-0.39, 0.29) is 23.3 Å². The summed E-state index contributed by atoms with van der Waals surface area (Å²) < 4.78 is 0. The van der Waals surface area contributed by atoms with Crippen LogP contribution in [0.25, 0.3) is 0 Å². The third-order valence-electron chi connectivity index (χ3n) is 4.77. The van der Waals surface area contributed by atoms with Crippen molar-refractivity contribution in [1.29, 1.82) is 0 Å². The molecule has 3 N–H and O–H groups in total. The van der Waals surface area contributed by atoms with Gasteiger partial charge >= 0.3 is 0 Å². The Bertz CT molecular complexity index is 625. The van der Waals surface area contributed by atoms with Gasteiger partial charge in [0.15, 0.2) is 0 Å². The lowest BCUT2D eigenvalue weighted by atomic mass is 9.86. The SMILES string of the molecule is CC(NC(=O)[C@@H]1CCCN1C(=O)C(N)C(C)(C)C)c1ccc(Cl)cc1. The number of carbonyl (C=O) groups excluding carboxylic acids is 2. The fraction of sp³-hybridized carbons (Fsp3) is 0.579. The van der Waals surface area contributed by atoms with Crippen molar-refractivity contribution in [3.63, 3.8) is 0 Å². The molecular formula is C19H28ClN3O2. The molecule has 1 aliphatic rings. The summed E-state index contributed by atoms with van der Waals surface area (Å²) in [7, 11) is 0. The van der Waals surface area contributed by atoms with Crippen molar-refractivity contribution in [3.8, 4) is 0 Å². The van der Waals surface area contributed by atoms with Crippen LogP contribution >= 0.6 is 11.6 Å². The maximum absolute atomic E-state index is 12.7. The van der Waals surface area contributed by atoms with E-state index in [2.05, 4.69) is 5.32 Å². The number of hydrogen-bond acceptors (Lipinski definition) is 3. The average molecular weight is 366 g/mol. The molecule has 2 unspecified atom stereocenters. The highest BCUT2D eigenvalue weighted by atomic mass is 35.5. The average Bonchev–Trinajstić information content (AvgIpc) is 3.02. The smallest absolute Gasteiger partial charge is 0.243 e. The van der Waals surface area contributed by atoms with Gasteiger partial charge in [0.1, 0.15) is 6.04 Å². The summed E-state index contributed by atoms with van der Waals surface area (Å²) in [5, 5.41) is 3.66. The number of amides is 2. The van der Waals surface area contributed by atoms with E-state index < -0.39 is 12.1 Å². The molecule has 1 heterocycles. The minimum absolute atomic E-state index is 0.130. The number of nitrogens with zero attached hydrogens (tertiary/aromatic N) is 1. The number of nitrogens with two attached hydrogens (primary N) is 1. The van der Waals surface area contributed by atoms with Gasteiger partial charge in [-0.25, -0.2) is 0 Å². The lowest BCUT2D eigenvalue weighted by Gasteiger charge is -2.33. The van der Waals surface area contributed by atoms with Crippen LogP contribution in [0.15, 0.2) is 24.3 Å². The summed E-state index contributed by atoms with van der Waals surface area (Å²) >= 11 is 5.90. The van der Waals surface area contributed by atoms with E-state index in [9.17, 15) is 9.59 Å². The molecular weight excluding hydrogens is 338 g/mol. The molecule has 1 saturated heterocycles. The van der Waals surface area contributed by atoms with E-state index in [1.165, 1.54) is 0 Å². The zero-order valence-electron chi connectivity index (χ0n) is 15.4. The summed E-state index contributed by atoms with van der Waals surface area (Å²) in [4.78, 5) is 27.1. The summed E-state index contributed by atoms with van der Waals surface area (Å²) in [6.07, 6.45) is 1.48. The summed E-state index contributed by atoms with van der Waals surface area (Å²) in [5.41, 5.74) is 6.74. The molecule has 138 valence electrons. The number of likely N-dealkylation sites (tertiary alicyclic amines) is 1. The van der Waals surface area contributed by atoms with E-state index in [0.717, 1.165) is 12.0 Å². The lowest BCUT2D eigenvalue weighted by molar-refractivity contribution is -0.141. The fourth-order valence-electron chi connectivity index (χ4n) is 3.00. The molecule has 2 rings (SSSR count). The predicted octanol–water partition coefficient (Wildman–Crippen LogP) is 2.88. The van der Waals surface area contributed by atoms with Crippen molar-refractivity contribution in [3.05, 3.63) is 34.9 Å². The van der Waals surface area contributed by atoms with Gasteiger partial charge in [0, 0.05) is 11.6 Å². The van der Waals surface area contributed by atoms with Crippen molar-refractivity contribution in [1.82, 2.24) is 10.2 Å². The van der Waals surface area contributed by atoms with Crippen LogP contribution in [0.5, 0.6) is 0 Å². The molecule has 1 aromatic carbocycles. The van der Waals surface area contributed by atoms with Gasteiger partial charge in [0.25, 0.3) is 0 Å². The zero-order valence-corrected chi connectivity index (χ0v) is 16.1. The Kier molecular flexibility index (Phi) is 6.12. The van der Waals surface area contributed by atoms with Crippen molar-refractivity contribution in [2.24, 2.45) is 11.1 Å². The first-order valence-corrected chi connectivity index (χ1v) is 9.11. The molecule has 1 fully saturated rings. The Balaban J connectivity index is 2.05. The Morgan fingerprint density at radius 3 is 2.44 bits per heavy atom. The molecule has 2 amide bonds. The van der Waals surface area contributed by atoms with Crippen LogP contribution in [-0.2, 0) is 9.59 Å². The highest BCUT2D eigenvalue weighted by molar-refractivity contribution is 6.30.